The minimum absolute atomic E-state index is 0.409. The minimum atomic E-state index is 0.409. The maximum atomic E-state index is 5.55. The maximum Gasteiger partial charge on any atom is 0.222 e. The van der Waals surface area contributed by atoms with Crippen LogP contribution in [0.15, 0.2) is 36.9 Å². The fourth-order valence-corrected chi connectivity index (χ4v) is 1.45. The van der Waals surface area contributed by atoms with Gasteiger partial charge in [0.25, 0.3) is 0 Å². The first-order valence-electron chi connectivity index (χ1n) is 5.96. The van der Waals surface area contributed by atoms with E-state index in [-0.39, 0.29) is 0 Å². The van der Waals surface area contributed by atoms with Crippen LogP contribution in [-0.4, -0.2) is 28.0 Å². The molecule has 3 N–H and O–H groups in total. The highest BCUT2D eigenvalue weighted by Crippen LogP contribution is 2.16. The van der Waals surface area contributed by atoms with Crippen LogP contribution in [-0.2, 0) is 0 Å². The second-order valence-electron chi connectivity index (χ2n) is 4.26. The molecule has 0 aliphatic rings. The summed E-state index contributed by atoms with van der Waals surface area (Å²) in [6.07, 6.45) is 7.12. The zero-order valence-corrected chi connectivity index (χ0v) is 10.4. The number of rotatable bonds is 5. The molecule has 2 heterocycles. The maximum absolute atomic E-state index is 5.55. The predicted octanol–water partition coefficient (Wildman–Crippen LogP) is 1.55. The summed E-state index contributed by atoms with van der Waals surface area (Å²) in [5, 5.41) is 3.16. The van der Waals surface area contributed by atoms with Crippen molar-refractivity contribution in [2.75, 3.05) is 18.4 Å². The average Bonchev–Trinajstić information content (AvgIpc) is 2.46. The largest absolute Gasteiger partial charge is 0.354 e. The van der Waals surface area contributed by atoms with Gasteiger partial charge in [-0.15, -0.1) is 0 Å². The molecule has 0 aliphatic heterocycles. The normalized spacial score (nSPS) is 12.1. The van der Waals surface area contributed by atoms with E-state index >= 15 is 0 Å². The molecule has 1 atom stereocenters. The van der Waals surface area contributed by atoms with Crippen LogP contribution >= 0.6 is 0 Å². The number of nitrogens with zero attached hydrogens (tertiary/aromatic N) is 3. The topological polar surface area (TPSA) is 76.7 Å². The Hall–Kier alpha value is -2.01. The average molecular weight is 243 g/mol. The van der Waals surface area contributed by atoms with Crippen molar-refractivity contribution in [3.8, 4) is 11.1 Å². The van der Waals surface area contributed by atoms with Crippen LogP contribution < -0.4 is 11.1 Å². The first-order valence-corrected chi connectivity index (χ1v) is 5.96. The third-order valence-corrected chi connectivity index (χ3v) is 2.66. The monoisotopic (exact) mass is 243 g/mol. The number of hydrogen-bond acceptors (Lipinski definition) is 5. The first kappa shape index (κ1) is 12.4. The SMILES string of the molecule is CC(CN)CNc1ncc(-c2cccnc2)cn1. The van der Waals surface area contributed by atoms with Crippen LogP contribution in [0.1, 0.15) is 6.92 Å². The molecule has 0 aromatic carbocycles. The smallest absolute Gasteiger partial charge is 0.222 e. The molecule has 1 unspecified atom stereocenters. The second-order valence-corrected chi connectivity index (χ2v) is 4.26. The molecular formula is C13H17N5. The zero-order chi connectivity index (χ0) is 12.8. The Balaban J connectivity index is 2.02. The fraction of sp³-hybridized carbons (Fsp3) is 0.308. The van der Waals surface area contributed by atoms with Gasteiger partial charge in [-0.05, 0) is 18.5 Å². The van der Waals surface area contributed by atoms with E-state index < -0.39 is 0 Å². The number of nitrogens with two attached hydrogens (primary N) is 1. The van der Waals surface area contributed by atoms with Gasteiger partial charge >= 0.3 is 0 Å². The van der Waals surface area contributed by atoms with E-state index in [1.54, 1.807) is 24.8 Å². The molecule has 2 rings (SSSR count). The molecule has 2 aromatic rings. The Morgan fingerprint density at radius 1 is 1.22 bits per heavy atom. The van der Waals surface area contributed by atoms with Crippen LogP contribution in [0.4, 0.5) is 5.95 Å². The third-order valence-electron chi connectivity index (χ3n) is 2.66. The Bertz CT molecular complexity index is 469. The summed E-state index contributed by atoms with van der Waals surface area (Å²) in [4.78, 5) is 12.6. The van der Waals surface area contributed by atoms with Crippen molar-refractivity contribution < 1.29 is 0 Å². The predicted molar refractivity (Wildman–Crippen MR) is 72.0 cm³/mol. The van der Waals surface area contributed by atoms with Gasteiger partial charge in [0.05, 0.1) is 0 Å². The lowest BCUT2D eigenvalue weighted by molar-refractivity contribution is 0.625. The molecule has 0 amide bonds. The van der Waals surface area contributed by atoms with Crippen LogP contribution in [0, 0.1) is 5.92 Å². The number of pyridine rings is 1. The van der Waals surface area contributed by atoms with Gasteiger partial charge in [0.15, 0.2) is 0 Å². The minimum Gasteiger partial charge on any atom is -0.354 e. The van der Waals surface area contributed by atoms with Gasteiger partial charge in [-0.3, -0.25) is 4.98 Å². The highest BCUT2D eigenvalue weighted by atomic mass is 15.1. The summed E-state index contributed by atoms with van der Waals surface area (Å²) in [6, 6.07) is 3.87. The highest BCUT2D eigenvalue weighted by Gasteiger charge is 2.02. The molecule has 2 aromatic heterocycles. The summed E-state index contributed by atoms with van der Waals surface area (Å²) in [5.41, 5.74) is 7.52. The quantitative estimate of drug-likeness (QED) is 0.833. The summed E-state index contributed by atoms with van der Waals surface area (Å²) in [7, 11) is 0. The van der Waals surface area contributed by atoms with Crippen molar-refractivity contribution in [2.45, 2.75) is 6.92 Å². The van der Waals surface area contributed by atoms with Crippen molar-refractivity contribution in [1.29, 1.82) is 0 Å². The second kappa shape index (κ2) is 6.07. The van der Waals surface area contributed by atoms with Crippen molar-refractivity contribution in [1.82, 2.24) is 15.0 Å². The highest BCUT2D eigenvalue weighted by molar-refractivity contribution is 5.60. The number of nitrogens with one attached hydrogen (secondary N) is 1. The third kappa shape index (κ3) is 3.24. The van der Waals surface area contributed by atoms with Crippen LogP contribution in [0.2, 0.25) is 0 Å². The molecule has 5 nitrogen and oxygen atoms in total. The van der Waals surface area contributed by atoms with E-state index in [4.69, 9.17) is 5.73 Å². The molecule has 0 bridgehead atoms. The standard InChI is InChI=1S/C13H17N5/c1-10(5-14)6-16-13-17-8-12(9-18-13)11-3-2-4-15-7-11/h2-4,7-10H,5-6,14H2,1H3,(H,16,17,18). The van der Waals surface area contributed by atoms with Gasteiger partial charge in [0.2, 0.25) is 5.95 Å². The van der Waals surface area contributed by atoms with E-state index in [2.05, 4.69) is 27.2 Å². The molecule has 0 radical (unpaired) electrons. The molecule has 94 valence electrons. The lowest BCUT2D eigenvalue weighted by Gasteiger charge is -2.09. The Morgan fingerprint density at radius 2 is 2.00 bits per heavy atom. The Kier molecular flexibility index (Phi) is 4.20. The molecule has 0 saturated heterocycles. The van der Waals surface area contributed by atoms with Crippen LogP contribution in [0.25, 0.3) is 11.1 Å². The molecule has 0 spiro atoms. The molecule has 18 heavy (non-hydrogen) atoms. The summed E-state index contributed by atoms with van der Waals surface area (Å²) >= 11 is 0. The van der Waals surface area contributed by atoms with Gasteiger partial charge in [-0.2, -0.15) is 0 Å². The van der Waals surface area contributed by atoms with Crippen molar-refractivity contribution in [2.24, 2.45) is 11.7 Å². The first-order chi connectivity index (χ1) is 8.79. The zero-order valence-electron chi connectivity index (χ0n) is 10.4. The lowest BCUT2D eigenvalue weighted by atomic mass is 10.1. The van der Waals surface area contributed by atoms with Gasteiger partial charge in [-0.25, -0.2) is 9.97 Å². The Morgan fingerprint density at radius 3 is 2.61 bits per heavy atom. The lowest BCUT2D eigenvalue weighted by Crippen LogP contribution is -2.20. The van der Waals surface area contributed by atoms with E-state index in [9.17, 15) is 0 Å². The summed E-state index contributed by atoms with van der Waals surface area (Å²) in [6.45, 7) is 3.51. The molecule has 5 heteroatoms. The van der Waals surface area contributed by atoms with Crippen molar-refractivity contribution in [3.05, 3.63) is 36.9 Å². The van der Waals surface area contributed by atoms with Gasteiger partial charge < -0.3 is 11.1 Å². The van der Waals surface area contributed by atoms with E-state index in [1.165, 1.54) is 0 Å². The van der Waals surface area contributed by atoms with Crippen LogP contribution in [0.5, 0.6) is 0 Å². The molecule has 0 aliphatic carbocycles. The van der Waals surface area contributed by atoms with Gasteiger partial charge in [0.1, 0.15) is 0 Å². The van der Waals surface area contributed by atoms with Gasteiger partial charge in [-0.1, -0.05) is 13.0 Å². The molecular weight excluding hydrogens is 226 g/mol. The Labute approximate surface area is 106 Å². The van der Waals surface area contributed by atoms with E-state index in [0.717, 1.165) is 17.7 Å². The number of anilines is 1. The van der Waals surface area contributed by atoms with Crippen molar-refractivity contribution >= 4 is 5.95 Å². The number of aromatic nitrogens is 3. The van der Waals surface area contributed by atoms with E-state index in [0.29, 0.717) is 18.4 Å². The summed E-state index contributed by atoms with van der Waals surface area (Å²) in [5.74, 6) is 1.04. The van der Waals surface area contributed by atoms with Gasteiger partial charge in [0, 0.05) is 42.5 Å². The van der Waals surface area contributed by atoms with Crippen LogP contribution in [0.3, 0.4) is 0 Å². The van der Waals surface area contributed by atoms with Crippen molar-refractivity contribution in [3.63, 3.8) is 0 Å². The number of hydrogen-bond donors (Lipinski definition) is 2. The molecule has 0 fully saturated rings. The van der Waals surface area contributed by atoms with E-state index in [1.807, 2.05) is 12.1 Å². The fourth-order valence-electron chi connectivity index (χ4n) is 1.45. The summed E-state index contributed by atoms with van der Waals surface area (Å²) < 4.78 is 0. The molecule has 0 saturated carbocycles.